The summed E-state index contributed by atoms with van der Waals surface area (Å²) in [6, 6.07) is 95.9. The van der Waals surface area contributed by atoms with E-state index in [-0.39, 0.29) is 0 Å². The van der Waals surface area contributed by atoms with Gasteiger partial charge in [0.2, 0.25) is 0 Å². The lowest BCUT2D eigenvalue weighted by atomic mass is 9.90. The zero-order chi connectivity index (χ0) is 56.2. The first-order valence-corrected chi connectivity index (χ1v) is 26.9. The van der Waals surface area contributed by atoms with Gasteiger partial charge in [0.1, 0.15) is 5.82 Å². The van der Waals surface area contributed by atoms with Gasteiger partial charge in [0.15, 0.2) is 11.4 Å². The maximum atomic E-state index is 10.8. The molecule has 0 aliphatic rings. The summed E-state index contributed by atoms with van der Waals surface area (Å²) in [6.07, 6.45) is 0. The van der Waals surface area contributed by atoms with Gasteiger partial charge < -0.3 is 14.4 Å². The minimum absolute atomic E-state index is 0.359. The number of hydrogen-bond acceptors (Lipinski definition) is 6. The Kier molecular flexibility index (Phi) is 13.3. The zero-order valence-electron chi connectivity index (χ0n) is 44.5. The van der Waals surface area contributed by atoms with Crippen LogP contribution in [-0.4, -0.2) is 14.5 Å². The van der Waals surface area contributed by atoms with Gasteiger partial charge >= 0.3 is 0 Å². The number of benzene rings is 11. The summed E-state index contributed by atoms with van der Waals surface area (Å²) >= 11 is 0. The summed E-state index contributed by atoms with van der Waals surface area (Å²) < 4.78 is 2.31. The predicted octanol–water partition coefficient (Wildman–Crippen LogP) is 19.7. The lowest BCUT2D eigenvalue weighted by Gasteiger charge is -2.26. The number of aromatic nitrogens is 3. The van der Waals surface area contributed by atoms with Gasteiger partial charge in [-0.1, -0.05) is 158 Å². The molecule has 0 bridgehead atoms. The Morgan fingerprint density at radius 3 is 1.24 bits per heavy atom. The number of para-hydroxylation sites is 6. The highest BCUT2D eigenvalue weighted by Crippen LogP contribution is 2.44. The molecule has 0 spiro atoms. The Morgan fingerprint density at radius 2 is 0.771 bits per heavy atom. The topological polar surface area (TPSA) is 93.5 Å². The molecule has 0 amide bonds. The maximum absolute atomic E-state index is 10.8. The van der Waals surface area contributed by atoms with E-state index in [9.17, 15) is 10.5 Å². The number of nitrogens with zero attached hydrogens (tertiary/aromatic N) is 9. The van der Waals surface area contributed by atoms with Crippen molar-refractivity contribution in [1.29, 1.82) is 10.5 Å². The van der Waals surface area contributed by atoms with Crippen molar-refractivity contribution in [2.45, 2.75) is 0 Å². The van der Waals surface area contributed by atoms with Crippen molar-refractivity contribution in [3.63, 3.8) is 0 Å². The molecule has 9 heteroatoms. The van der Waals surface area contributed by atoms with Gasteiger partial charge in [0, 0.05) is 72.8 Å². The molecule has 0 unspecified atom stereocenters. The first-order chi connectivity index (χ1) is 41.0. The third-order valence-electron chi connectivity index (χ3n) is 14.9. The van der Waals surface area contributed by atoms with Crippen LogP contribution < -0.4 is 9.80 Å². The normalized spacial score (nSPS) is 10.8. The fourth-order valence-electron chi connectivity index (χ4n) is 11.1. The molecule has 13 rings (SSSR count). The molecular weight excluding hydrogens is 1010 g/mol. The highest BCUT2D eigenvalue weighted by Gasteiger charge is 2.22. The van der Waals surface area contributed by atoms with Crippen molar-refractivity contribution in [3.05, 3.63) is 307 Å². The lowest BCUT2D eigenvalue weighted by molar-refractivity contribution is 1.18. The Hall–Kier alpha value is -12.1. The van der Waals surface area contributed by atoms with Crippen LogP contribution in [0.25, 0.3) is 93.3 Å². The van der Waals surface area contributed by atoms with Crippen molar-refractivity contribution in [2.24, 2.45) is 0 Å². The number of nitriles is 2. The van der Waals surface area contributed by atoms with Crippen LogP contribution in [0, 0.1) is 35.8 Å². The fraction of sp³-hybridized carbons (Fsp3) is 0. The second-order valence-corrected chi connectivity index (χ2v) is 19.8. The molecule has 0 radical (unpaired) electrons. The van der Waals surface area contributed by atoms with Gasteiger partial charge in [0.25, 0.3) is 0 Å². The monoisotopic (exact) mass is 1060 g/mol. The van der Waals surface area contributed by atoms with Crippen molar-refractivity contribution < 1.29 is 0 Å². The average molecular weight is 1060 g/mol. The third kappa shape index (κ3) is 9.52. The first-order valence-electron chi connectivity index (χ1n) is 26.9. The fourth-order valence-corrected chi connectivity index (χ4v) is 11.1. The molecule has 2 aromatic heterocycles. The summed E-state index contributed by atoms with van der Waals surface area (Å²) in [5, 5.41) is 23.7. The smallest absolute Gasteiger partial charge is 0.198 e. The molecule has 0 N–H and O–H groups in total. The van der Waals surface area contributed by atoms with Crippen molar-refractivity contribution in [1.82, 2.24) is 14.5 Å². The van der Waals surface area contributed by atoms with E-state index in [1.54, 1.807) is 18.2 Å². The van der Waals surface area contributed by atoms with Crippen molar-refractivity contribution in [2.75, 3.05) is 9.80 Å². The van der Waals surface area contributed by atoms with E-state index in [1.165, 1.54) is 0 Å². The van der Waals surface area contributed by atoms with E-state index in [2.05, 4.69) is 194 Å². The van der Waals surface area contributed by atoms with Gasteiger partial charge in [-0.3, -0.25) is 0 Å². The standard InChI is InChI=1S/C74H45N9/c1-77-67-29-17-15-27-63(67)70-47-69(79-74(80-70)64-28-16-18-30-68(64)78-2)51-31-33-52(34-32-51)73-54(48-75)43-53(44-55(73)49-76)50-35-37-60(38-36-50)83-71-41-39-61(81(56-19-7-3-8-20-56)57-21-9-4-10-22-57)45-65(71)66-46-62(40-42-72(66)83)82(58-23-11-5-12-24-58)59-25-13-6-14-26-59/h3-47H. The van der Waals surface area contributed by atoms with Crippen molar-refractivity contribution >= 4 is 67.3 Å². The molecule has 0 saturated heterocycles. The number of fused-ring (bicyclic) bond motifs is 3. The Balaban J connectivity index is 0.885. The zero-order valence-corrected chi connectivity index (χ0v) is 44.5. The van der Waals surface area contributed by atoms with E-state index in [4.69, 9.17) is 23.1 Å². The molecule has 0 saturated carbocycles. The van der Waals surface area contributed by atoms with Gasteiger partial charge in [-0.2, -0.15) is 10.5 Å². The molecular formula is C74H45N9. The van der Waals surface area contributed by atoms with Crippen LogP contribution in [0.2, 0.25) is 0 Å². The van der Waals surface area contributed by atoms with Crippen LogP contribution in [0.5, 0.6) is 0 Å². The molecule has 13 aromatic rings. The molecule has 2 heterocycles. The summed E-state index contributed by atoms with van der Waals surface area (Å²) in [4.78, 5) is 21.9. The molecule has 0 atom stereocenters. The summed E-state index contributed by atoms with van der Waals surface area (Å²) in [5.41, 5.74) is 16.8. The van der Waals surface area contributed by atoms with Crippen LogP contribution in [0.3, 0.4) is 0 Å². The Labute approximate surface area is 480 Å². The second-order valence-electron chi connectivity index (χ2n) is 19.8. The van der Waals surface area contributed by atoms with E-state index in [0.717, 1.165) is 78.3 Å². The highest BCUT2D eigenvalue weighted by molar-refractivity contribution is 6.12. The molecule has 0 aliphatic heterocycles. The number of anilines is 6. The minimum atomic E-state index is 0.359. The van der Waals surface area contributed by atoms with E-state index < -0.39 is 0 Å². The SMILES string of the molecule is [C-]#[N+]c1ccccc1-c1cc(-c2ccc(-c3c(C#N)cc(-c4ccc(-n5c6ccc(N(c7ccccc7)c7ccccc7)cc6c6cc(N(c7ccccc7)c7ccccc7)ccc65)cc4)cc3C#N)cc2)nc(-c2ccccc2[N+]#[C-])n1. The van der Waals surface area contributed by atoms with E-state index in [1.807, 2.05) is 97.1 Å². The Morgan fingerprint density at radius 1 is 0.361 bits per heavy atom. The number of hydrogen-bond donors (Lipinski definition) is 0. The van der Waals surface area contributed by atoms with Crippen LogP contribution in [0.15, 0.2) is 273 Å². The van der Waals surface area contributed by atoms with Crippen molar-refractivity contribution in [3.8, 4) is 74.0 Å². The summed E-state index contributed by atoms with van der Waals surface area (Å²) in [7, 11) is 0. The van der Waals surface area contributed by atoms with E-state index in [0.29, 0.717) is 62.0 Å². The molecule has 9 nitrogen and oxygen atoms in total. The minimum Gasteiger partial charge on any atom is -0.310 e. The molecule has 11 aromatic carbocycles. The van der Waals surface area contributed by atoms with Crippen LogP contribution in [-0.2, 0) is 0 Å². The quantitative estimate of drug-likeness (QED) is 0.113. The third-order valence-corrected chi connectivity index (χ3v) is 14.9. The molecule has 83 heavy (non-hydrogen) atoms. The van der Waals surface area contributed by atoms with Gasteiger partial charge in [-0.05, 0) is 132 Å². The highest BCUT2D eigenvalue weighted by atomic mass is 15.1. The summed E-state index contributed by atoms with van der Waals surface area (Å²) in [5.74, 6) is 0.359. The van der Waals surface area contributed by atoms with Crippen LogP contribution in [0.1, 0.15) is 11.1 Å². The van der Waals surface area contributed by atoms with E-state index >= 15 is 0 Å². The van der Waals surface area contributed by atoms with Crippen LogP contribution in [0.4, 0.5) is 45.5 Å². The largest absolute Gasteiger partial charge is 0.310 e. The Bertz CT molecular complexity index is 4430. The average Bonchev–Trinajstić information content (AvgIpc) is 4.13. The second kappa shape index (κ2) is 21.9. The van der Waals surface area contributed by atoms with Gasteiger partial charge in [-0.25, -0.2) is 19.7 Å². The first kappa shape index (κ1) is 50.4. The van der Waals surface area contributed by atoms with Gasteiger partial charge in [0.05, 0.1) is 58.8 Å². The molecule has 0 aliphatic carbocycles. The van der Waals surface area contributed by atoms with Gasteiger partial charge in [-0.15, -0.1) is 0 Å². The predicted molar refractivity (Wildman–Crippen MR) is 335 cm³/mol. The molecule has 386 valence electrons. The molecule has 0 fully saturated rings. The van der Waals surface area contributed by atoms with Crippen LogP contribution >= 0.6 is 0 Å². The maximum Gasteiger partial charge on any atom is 0.198 e. The number of rotatable bonds is 12. The lowest BCUT2D eigenvalue weighted by Crippen LogP contribution is -2.09. The summed E-state index contributed by atoms with van der Waals surface area (Å²) in [6.45, 7) is 15.7.